The highest BCUT2D eigenvalue weighted by Gasteiger charge is 2.22. The van der Waals surface area contributed by atoms with E-state index in [9.17, 15) is 26.7 Å². The molecule has 174 valence electrons. The van der Waals surface area contributed by atoms with Gasteiger partial charge in [0.2, 0.25) is 5.91 Å². The van der Waals surface area contributed by atoms with Crippen molar-refractivity contribution in [1.29, 1.82) is 0 Å². The van der Waals surface area contributed by atoms with E-state index in [-0.39, 0.29) is 49.1 Å². The lowest BCUT2D eigenvalue weighted by molar-refractivity contribution is -0.114. The number of ether oxygens (including phenoxy) is 1. The average Bonchev–Trinajstić information content (AvgIpc) is 2.71. The molecule has 0 aliphatic rings. The van der Waals surface area contributed by atoms with Crippen LogP contribution in [-0.2, 0) is 22.9 Å². The van der Waals surface area contributed by atoms with Crippen LogP contribution in [0.5, 0.6) is 11.5 Å². The number of azo groups is 1. The van der Waals surface area contributed by atoms with Crippen LogP contribution in [0, 0.1) is 0 Å². The molecule has 0 saturated heterocycles. The normalized spacial score (nSPS) is 12.2. The number of benzene rings is 3. The van der Waals surface area contributed by atoms with Crippen LogP contribution in [0.2, 0.25) is 0 Å². The van der Waals surface area contributed by atoms with Crippen molar-refractivity contribution < 1.29 is 31.5 Å². The zero-order valence-corrected chi connectivity index (χ0v) is 20.0. The van der Waals surface area contributed by atoms with Crippen LogP contribution < -0.4 is 10.1 Å². The number of halogens is 2. The molecule has 0 saturated carbocycles. The summed E-state index contributed by atoms with van der Waals surface area (Å²) < 4.78 is 52.9. The van der Waals surface area contributed by atoms with Crippen molar-refractivity contribution in [3.05, 3.63) is 42.5 Å². The summed E-state index contributed by atoms with van der Waals surface area (Å²) in [4.78, 5) is 10.9. The molecule has 1 amide bonds. The zero-order valence-electron chi connectivity index (χ0n) is 16.9. The van der Waals surface area contributed by atoms with Gasteiger partial charge in [0.25, 0.3) is 18.1 Å². The van der Waals surface area contributed by atoms with Gasteiger partial charge in [-0.3, -0.25) is 4.79 Å². The fraction of sp³-hybridized carbons (Fsp3) is 0.105. The Morgan fingerprint density at radius 1 is 0.939 bits per heavy atom. The smallest absolute Gasteiger partial charge is 0.262 e. The highest BCUT2D eigenvalue weighted by atomic mass is 35.7. The molecule has 0 aromatic heterocycles. The number of aromatic hydroxyl groups is 1. The molecule has 0 unspecified atom stereocenters. The van der Waals surface area contributed by atoms with Gasteiger partial charge in [-0.25, -0.2) is 16.8 Å². The molecule has 0 atom stereocenters. The van der Waals surface area contributed by atoms with E-state index >= 15 is 0 Å². The lowest BCUT2D eigenvalue weighted by Crippen LogP contribution is -2.07. The van der Waals surface area contributed by atoms with E-state index in [0.717, 1.165) is 12.1 Å². The number of amides is 1. The Hall–Kier alpha value is -2.93. The first kappa shape index (κ1) is 24.7. The van der Waals surface area contributed by atoms with Crippen LogP contribution in [-0.4, -0.2) is 35.0 Å². The molecule has 0 radical (unpaired) electrons. The third kappa shape index (κ3) is 5.36. The maximum absolute atomic E-state index is 12.2. The van der Waals surface area contributed by atoms with Gasteiger partial charge in [0.1, 0.15) is 17.2 Å². The number of methoxy groups -OCH3 is 1. The highest BCUT2D eigenvalue weighted by molar-refractivity contribution is 8.14. The van der Waals surface area contributed by atoms with Crippen molar-refractivity contribution in [3.63, 3.8) is 0 Å². The van der Waals surface area contributed by atoms with E-state index < -0.39 is 24.0 Å². The number of carbonyl (C=O) groups is 1. The third-order valence-corrected chi connectivity index (χ3v) is 7.06. The van der Waals surface area contributed by atoms with Gasteiger partial charge in [0, 0.05) is 33.7 Å². The number of phenolic OH excluding ortho intramolecular Hbond substituents is 1. The first-order valence-corrected chi connectivity index (χ1v) is 13.5. The molecule has 3 rings (SSSR count). The first-order chi connectivity index (χ1) is 15.3. The number of fused-ring (bicyclic) bond motifs is 1. The Labute approximate surface area is 197 Å². The van der Waals surface area contributed by atoms with Gasteiger partial charge in [-0.05, 0) is 42.5 Å². The van der Waals surface area contributed by atoms with Gasteiger partial charge in [0.05, 0.1) is 33.7 Å². The Balaban J connectivity index is 2.32. The van der Waals surface area contributed by atoms with Crippen molar-refractivity contribution in [2.75, 3.05) is 12.4 Å². The summed E-state index contributed by atoms with van der Waals surface area (Å²) in [5, 5.41) is 20.8. The predicted molar refractivity (Wildman–Crippen MR) is 123 cm³/mol. The molecule has 0 aliphatic heterocycles. The molecule has 0 spiro atoms. The highest BCUT2D eigenvalue weighted by Crippen LogP contribution is 2.43. The molecule has 3 aromatic rings. The van der Waals surface area contributed by atoms with Crippen LogP contribution in [0.4, 0.5) is 17.1 Å². The molecule has 0 aliphatic carbocycles. The van der Waals surface area contributed by atoms with Crippen molar-refractivity contribution in [1.82, 2.24) is 0 Å². The Bertz CT molecular complexity index is 1520. The molecule has 0 fully saturated rings. The van der Waals surface area contributed by atoms with Crippen LogP contribution in [0.1, 0.15) is 6.92 Å². The molecule has 10 nitrogen and oxygen atoms in total. The Kier molecular flexibility index (Phi) is 6.84. The predicted octanol–water partition coefficient (Wildman–Crippen LogP) is 4.78. The average molecular weight is 532 g/mol. The maximum atomic E-state index is 12.2. The van der Waals surface area contributed by atoms with E-state index in [2.05, 4.69) is 15.5 Å². The quantitative estimate of drug-likeness (QED) is 0.342. The minimum Gasteiger partial charge on any atom is -0.507 e. The van der Waals surface area contributed by atoms with Crippen molar-refractivity contribution in [3.8, 4) is 11.5 Å². The van der Waals surface area contributed by atoms with Gasteiger partial charge >= 0.3 is 0 Å². The topological polar surface area (TPSA) is 152 Å². The van der Waals surface area contributed by atoms with Crippen LogP contribution in [0.25, 0.3) is 10.8 Å². The number of rotatable bonds is 6. The fourth-order valence-electron chi connectivity index (χ4n) is 3.02. The second kappa shape index (κ2) is 9.14. The molecule has 0 bridgehead atoms. The fourth-order valence-corrected chi connectivity index (χ4v) is 4.85. The van der Waals surface area contributed by atoms with E-state index in [0.29, 0.717) is 0 Å². The lowest BCUT2D eigenvalue weighted by atomic mass is 10.1. The summed E-state index contributed by atoms with van der Waals surface area (Å²) in [6.07, 6.45) is 0. The number of carbonyl (C=O) groups excluding carboxylic acids is 1. The summed E-state index contributed by atoms with van der Waals surface area (Å²) in [6, 6.07) is 8.58. The maximum Gasteiger partial charge on any atom is 0.262 e. The molecular formula is C19H15Cl2N3O7S2. The second-order valence-corrected chi connectivity index (χ2v) is 11.7. The summed E-state index contributed by atoms with van der Waals surface area (Å²) in [5.41, 5.74) is 0.0492. The summed E-state index contributed by atoms with van der Waals surface area (Å²) in [5.74, 6) is -0.647. The van der Waals surface area contributed by atoms with Crippen LogP contribution in [0.15, 0.2) is 62.5 Å². The van der Waals surface area contributed by atoms with Gasteiger partial charge < -0.3 is 15.2 Å². The lowest BCUT2D eigenvalue weighted by Gasteiger charge is -2.13. The molecule has 2 N–H and O–H groups in total. The minimum atomic E-state index is -4.31. The number of phenols is 1. The van der Waals surface area contributed by atoms with Gasteiger partial charge in [0.15, 0.2) is 0 Å². The Morgan fingerprint density at radius 3 is 2.18 bits per heavy atom. The molecule has 0 heterocycles. The van der Waals surface area contributed by atoms with Gasteiger partial charge in [-0.1, -0.05) is 0 Å². The number of nitrogens with zero attached hydrogens (tertiary/aromatic N) is 2. The number of anilines is 1. The largest absolute Gasteiger partial charge is 0.507 e. The van der Waals surface area contributed by atoms with E-state index in [1.165, 1.54) is 44.4 Å². The SMILES string of the molecule is COc1ccc(S(=O)(=O)Cl)cc1/N=N/c1ccc(O)c2c(NC(C)=O)ccc(S(=O)(=O)Cl)c12. The van der Waals surface area contributed by atoms with Crippen molar-refractivity contribution in [2.45, 2.75) is 16.7 Å². The van der Waals surface area contributed by atoms with Crippen LogP contribution >= 0.6 is 21.4 Å². The van der Waals surface area contributed by atoms with Crippen LogP contribution in [0.3, 0.4) is 0 Å². The monoisotopic (exact) mass is 531 g/mol. The summed E-state index contributed by atoms with van der Waals surface area (Å²) in [6.45, 7) is 1.24. The number of nitrogens with one attached hydrogen (secondary N) is 1. The molecule has 33 heavy (non-hydrogen) atoms. The molecule has 14 heteroatoms. The zero-order chi connectivity index (χ0) is 24.6. The van der Waals surface area contributed by atoms with E-state index in [4.69, 9.17) is 26.1 Å². The standard InChI is InChI=1S/C19H15Cl2N3O7S2/c1-10(25)22-12-5-8-17(33(21,29)30)19-13(4-6-15(26)18(12)19)23-24-14-9-11(32(20,27)28)3-7-16(14)31-2/h3-9,26H,1-2H3,(H,22,25)/b24-23+. The molecule has 3 aromatic carbocycles. The van der Waals surface area contributed by atoms with Crippen molar-refractivity contribution in [2.24, 2.45) is 10.2 Å². The second-order valence-electron chi connectivity index (χ2n) is 6.56. The van der Waals surface area contributed by atoms with Crippen molar-refractivity contribution >= 4 is 73.2 Å². The van der Waals surface area contributed by atoms with Gasteiger partial charge in [-0.15, -0.1) is 10.2 Å². The number of hydrogen-bond acceptors (Lipinski definition) is 9. The van der Waals surface area contributed by atoms with E-state index in [1.807, 2.05) is 0 Å². The summed E-state index contributed by atoms with van der Waals surface area (Å²) >= 11 is 0. The van der Waals surface area contributed by atoms with Gasteiger partial charge in [-0.2, -0.15) is 0 Å². The molecular weight excluding hydrogens is 517 g/mol. The number of hydrogen-bond donors (Lipinski definition) is 2. The first-order valence-electron chi connectivity index (χ1n) is 8.88. The summed E-state index contributed by atoms with van der Waals surface area (Å²) in [7, 11) is 3.92. The minimum absolute atomic E-state index is 0.0197. The third-order valence-electron chi connectivity index (χ3n) is 4.35. The Morgan fingerprint density at radius 2 is 1.61 bits per heavy atom. The van der Waals surface area contributed by atoms with E-state index in [1.54, 1.807) is 0 Å².